The number of methoxy groups -OCH3 is 1. The summed E-state index contributed by atoms with van der Waals surface area (Å²) in [4.78, 5) is 17.2. The second-order valence-electron chi connectivity index (χ2n) is 6.95. The SMILES string of the molecule is COCCN1CCC(CN(CC2CCCO2)C(=O)CCSC)CC1. The average molecular weight is 359 g/mol. The molecule has 0 aromatic heterocycles. The van der Waals surface area contributed by atoms with Gasteiger partial charge in [0.15, 0.2) is 0 Å². The molecule has 0 aromatic carbocycles. The van der Waals surface area contributed by atoms with Crippen molar-refractivity contribution in [3.05, 3.63) is 0 Å². The lowest BCUT2D eigenvalue weighted by Gasteiger charge is -2.35. The largest absolute Gasteiger partial charge is 0.383 e. The Morgan fingerprint density at radius 2 is 2.08 bits per heavy atom. The molecule has 140 valence electrons. The van der Waals surface area contributed by atoms with Crippen LogP contribution in [0, 0.1) is 5.92 Å². The van der Waals surface area contributed by atoms with E-state index in [4.69, 9.17) is 9.47 Å². The molecule has 2 aliphatic rings. The van der Waals surface area contributed by atoms with Crippen molar-refractivity contribution in [2.24, 2.45) is 5.92 Å². The molecule has 1 amide bonds. The van der Waals surface area contributed by atoms with Crippen molar-refractivity contribution in [2.75, 3.05) is 65.1 Å². The number of rotatable bonds is 10. The highest BCUT2D eigenvalue weighted by molar-refractivity contribution is 7.98. The molecule has 2 rings (SSSR count). The molecule has 2 heterocycles. The molecule has 0 aliphatic carbocycles. The Balaban J connectivity index is 1.79. The van der Waals surface area contributed by atoms with Gasteiger partial charge in [0.25, 0.3) is 0 Å². The summed E-state index contributed by atoms with van der Waals surface area (Å²) in [5.41, 5.74) is 0. The maximum atomic E-state index is 12.6. The minimum absolute atomic E-state index is 0.255. The fraction of sp³-hybridized carbons (Fsp3) is 0.944. The molecule has 24 heavy (non-hydrogen) atoms. The van der Waals surface area contributed by atoms with Crippen LogP contribution in [-0.2, 0) is 14.3 Å². The van der Waals surface area contributed by atoms with Gasteiger partial charge < -0.3 is 19.3 Å². The van der Waals surface area contributed by atoms with Crippen molar-refractivity contribution in [2.45, 2.75) is 38.2 Å². The second-order valence-corrected chi connectivity index (χ2v) is 7.94. The summed E-state index contributed by atoms with van der Waals surface area (Å²) in [7, 11) is 1.76. The summed E-state index contributed by atoms with van der Waals surface area (Å²) in [5, 5.41) is 0. The summed E-state index contributed by atoms with van der Waals surface area (Å²) in [6.45, 7) is 6.64. The predicted octanol–water partition coefficient (Wildman–Crippen LogP) is 2.11. The topological polar surface area (TPSA) is 42.0 Å². The maximum Gasteiger partial charge on any atom is 0.223 e. The van der Waals surface area contributed by atoms with Gasteiger partial charge in [-0.15, -0.1) is 0 Å². The maximum absolute atomic E-state index is 12.6. The zero-order valence-electron chi connectivity index (χ0n) is 15.4. The van der Waals surface area contributed by atoms with Crippen molar-refractivity contribution in [1.82, 2.24) is 9.80 Å². The molecule has 1 atom stereocenters. The van der Waals surface area contributed by atoms with E-state index in [0.717, 1.165) is 64.5 Å². The average Bonchev–Trinajstić information content (AvgIpc) is 3.11. The van der Waals surface area contributed by atoms with Crippen LogP contribution >= 0.6 is 11.8 Å². The van der Waals surface area contributed by atoms with Crippen molar-refractivity contribution < 1.29 is 14.3 Å². The van der Waals surface area contributed by atoms with Crippen molar-refractivity contribution >= 4 is 17.7 Å². The van der Waals surface area contributed by atoms with Gasteiger partial charge in [-0.1, -0.05) is 0 Å². The van der Waals surface area contributed by atoms with Crippen LogP contribution in [0.2, 0.25) is 0 Å². The van der Waals surface area contributed by atoms with Gasteiger partial charge in [0, 0.05) is 45.5 Å². The van der Waals surface area contributed by atoms with E-state index in [-0.39, 0.29) is 6.10 Å². The van der Waals surface area contributed by atoms with Gasteiger partial charge in [-0.05, 0) is 50.9 Å². The Morgan fingerprint density at radius 3 is 2.71 bits per heavy atom. The molecule has 0 aromatic rings. The van der Waals surface area contributed by atoms with Gasteiger partial charge in [-0.3, -0.25) is 4.79 Å². The molecule has 0 saturated carbocycles. The van der Waals surface area contributed by atoms with Crippen LogP contribution in [-0.4, -0.2) is 86.9 Å². The zero-order valence-corrected chi connectivity index (χ0v) is 16.2. The van der Waals surface area contributed by atoms with E-state index < -0.39 is 0 Å². The number of hydrogen-bond acceptors (Lipinski definition) is 5. The molecular weight excluding hydrogens is 324 g/mol. The first-order valence-corrected chi connectivity index (χ1v) is 10.7. The lowest BCUT2D eigenvalue weighted by atomic mass is 9.96. The van der Waals surface area contributed by atoms with E-state index in [0.29, 0.717) is 18.2 Å². The van der Waals surface area contributed by atoms with Crippen LogP contribution in [0.4, 0.5) is 0 Å². The standard InChI is InChI=1S/C18H34N2O3S/c1-22-12-10-19-8-5-16(6-9-19)14-20(18(21)7-13-24-2)15-17-4-3-11-23-17/h16-17H,3-15H2,1-2H3. The number of hydrogen-bond donors (Lipinski definition) is 0. The van der Waals surface area contributed by atoms with Crippen LogP contribution in [0.3, 0.4) is 0 Å². The first-order valence-electron chi connectivity index (χ1n) is 9.32. The molecule has 2 saturated heterocycles. The highest BCUT2D eigenvalue weighted by Crippen LogP contribution is 2.21. The molecule has 0 bridgehead atoms. The summed E-state index contributed by atoms with van der Waals surface area (Å²) in [6.07, 6.45) is 7.57. The van der Waals surface area contributed by atoms with Crippen LogP contribution in [0.25, 0.3) is 0 Å². The number of carbonyl (C=O) groups is 1. The molecular formula is C18H34N2O3S. The molecule has 2 fully saturated rings. The lowest BCUT2D eigenvalue weighted by Crippen LogP contribution is -2.44. The molecule has 6 heteroatoms. The van der Waals surface area contributed by atoms with Crippen molar-refractivity contribution in [3.8, 4) is 0 Å². The number of amides is 1. The molecule has 2 aliphatic heterocycles. The summed E-state index contributed by atoms with van der Waals surface area (Å²) >= 11 is 1.75. The third-order valence-corrected chi connectivity index (χ3v) is 5.73. The smallest absolute Gasteiger partial charge is 0.223 e. The molecule has 5 nitrogen and oxygen atoms in total. The van der Waals surface area contributed by atoms with Crippen molar-refractivity contribution in [3.63, 3.8) is 0 Å². The molecule has 1 unspecified atom stereocenters. The first kappa shape index (κ1) is 20.0. The summed E-state index contributed by atoms with van der Waals surface area (Å²) in [6, 6.07) is 0. The number of nitrogens with zero attached hydrogens (tertiary/aromatic N) is 2. The van der Waals surface area contributed by atoms with E-state index in [1.807, 2.05) is 0 Å². The number of ether oxygens (including phenoxy) is 2. The Kier molecular flexibility index (Phi) is 9.46. The van der Waals surface area contributed by atoms with Crippen LogP contribution in [0.15, 0.2) is 0 Å². The monoisotopic (exact) mass is 358 g/mol. The van der Waals surface area contributed by atoms with E-state index >= 15 is 0 Å². The third-order valence-electron chi connectivity index (χ3n) is 5.12. The third kappa shape index (κ3) is 6.90. The van der Waals surface area contributed by atoms with Gasteiger partial charge in [-0.2, -0.15) is 11.8 Å². The van der Waals surface area contributed by atoms with Crippen LogP contribution in [0.1, 0.15) is 32.1 Å². The Hall–Kier alpha value is -0.300. The number of thioether (sulfide) groups is 1. The highest BCUT2D eigenvalue weighted by atomic mass is 32.2. The zero-order chi connectivity index (χ0) is 17.2. The van der Waals surface area contributed by atoms with Gasteiger partial charge in [-0.25, -0.2) is 0 Å². The number of likely N-dealkylation sites (tertiary alicyclic amines) is 1. The summed E-state index contributed by atoms with van der Waals surface area (Å²) < 4.78 is 10.9. The lowest BCUT2D eigenvalue weighted by molar-refractivity contribution is -0.133. The Labute approximate surface area is 151 Å². The van der Waals surface area contributed by atoms with Gasteiger partial charge in [0.1, 0.15) is 0 Å². The minimum Gasteiger partial charge on any atom is -0.383 e. The first-order chi connectivity index (χ1) is 11.7. The van der Waals surface area contributed by atoms with Crippen LogP contribution in [0.5, 0.6) is 0 Å². The van der Waals surface area contributed by atoms with Gasteiger partial charge >= 0.3 is 0 Å². The molecule has 0 spiro atoms. The predicted molar refractivity (Wildman–Crippen MR) is 99.6 cm³/mol. The van der Waals surface area contributed by atoms with Crippen molar-refractivity contribution in [1.29, 1.82) is 0 Å². The van der Waals surface area contributed by atoms with E-state index in [1.165, 1.54) is 12.8 Å². The number of piperidine rings is 1. The molecule has 0 radical (unpaired) electrons. The normalized spacial score (nSPS) is 22.8. The number of carbonyl (C=O) groups excluding carboxylic acids is 1. The van der Waals surface area contributed by atoms with Gasteiger partial charge in [0.2, 0.25) is 5.91 Å². The summed E-state index contributed by atoms with van der Waals surface area (Å²) in [5.74, 6) is 1.85. The van der Waals surface area contributed by atoms with Crippen LogP contribution < -0.4 is 0 Å². The fourth-order valence-electron chi connectivity index (χ4n) is 3.58. The quantitative estimate of drug-likeness (QED) is 0.598. The van der Waals surface area contributed by atoms with E-state index in [2.05, 4.69) is 16.1 Å². The Bertz CT molecular complexity index is 356. The highest BCUT2D eigenvalue weighted by Gasteiger charge is 2.26. The molecule has 0 N–H and O–H groups in total. The van der Waals surface area contributed by atoms with E-state index in [1.54, 1.807) is 18.9 Å². The second kappa shape index (κ2) is 11.3. The van der Waals surface area contributed by atoms with E-state index in [9.17, 15) is 4.79 Å². The fourth-order valence-corrected chi connectivity index (χ4v) is 3.96. The minimum atomic E-state index is 0.255. The Morgan fingerprint density at radius 1 is 1.29 bits per heavy atom. The van der Waals surface area contributed by atoms with Gasteiger partial charge in [0.05, 0.1) is 12.7 Å².